The first-order chi connectivity index (χ1) is 10.5. The molecule has 1 amide bonds. The Hall–Kier alpha value is -2.14. The Balaban J connectivity index is 2.33. The first-order valence-electron chi connectivity index (χ1n) is 7.08. The minimum absolute atomic E-state index is 0.0289. The summed E-state index contributed by atoms with van der Waals surface area (Å²) in [6.45, 7) is 9.87. The number of hydrogen-bond acceptors (Lipinski definition) is 3. The van der Waals surface area contributed by atoms with Gasteiger partial charge in [0.15, 0.2) is 5.78 Å². The van der Waals surface area contributed by atoms with E-state index in [1.165, 1.54) is 6.92 Å². The lowest BCUT2D eigenvalue weighted by atomic mass is 10.1. The summed E-state index contributed by atoms with van der Waals surface area (Å²) in [6.07, 6.45) is 1.71. The SMILES string of the molecule is C=CCN(Cc1cccs1)C(=O)c1[nH]c(C)c(C(C)=O)c1C. The van der Waals surface area contributed by atoms with Gasteiger partial charge in [-0.1, -0.05) is 12.1 Å². The molecule has 5 heteroatoms. The Morgan fingerprint density at radius 3 is 2.64 bits per heavy atom. The molecule has 0 unspecified atom stereocenters. The maximum Gasteiger partial charge on any atom is 0.271 e. The first-order valence-corrected chi connectivity index (χ1v) is 7.96. The van der Waals surface area contributed by atoms with Gasteiger partial charge in [0.25, 0.3) is 5.91 Å². The Morgan fingerprint density at radius 1 is 1.41 bits per heavy atom. The molecule has 0 spiro atoms. The monoisotopic (exact) mass is 316 g/mol. The van der Waals surface area contributed by atoms with E-state index in [4.69, 9.17) is 0 Å². The van der Waals surface area contributed by atoms with Crippen molar-refractivity contribution in [2.45, 2.75) is 27.3 Å². The molecular formula is C17H20N2O2S. The van der Waals surface area contributed by atoms with E-state index in [1.807, 2.05) is 31.4 Å². The van der Waals surface area contributed by atoms with E-state index in [1.54, 1.807) is 22.3 Å². The van der Waals surface area contributed by atoms with Crippen molar-refractivity contribution in [2.24, 2.45) is 0 Å². The lowest BCUT2D eigenvalue weighted by Gasteiger charge is -2.20. The number of thiophene rings is 1. The van der Waals surface area contributed by atoms with Crippen molar-refractivity contribution in [1.29, 1.82) is 0 Å². The zero-order chi connectivity index (χ0) is 16.3. The molecule has 0 aromatic carbocycles. The third-order valence-electron chi connectivity index (χ3n) is 3.57. The smallest absolute Gasteiger partial charge is 0.271 e. The van der Waals surface area contributed by atoms with Crippen LogP contribution >= 0.6 is 11.3 Å². The van der Waals surface area contributed by atoms with Crippen molar-refractivity contribution in [2.75, 3.05) is 6.54 Å². The van der Waals surface area contributed by atoms with Crippen LogP contribution in [0.5, 0.6) is 0 Å². The summed E-state index contributed by atoms with van der Waals surface area (Å²) >= 11 is 1.61. The standard InChI is InChI=1S/C17H20N2O2S/c1-5-8-19(10-14-7-6-9-22-14)17(21)16-11(2)15(13(4)20)12(3)18-16/h5-7,9,18H,1,8,10H2,2-4H3. The van der Waals surface area contributed by atoms with Gasteiger partial charge in [-0.3, -0.25) is 9.59 Å². The highest BCUT2D eigenvalue weighted by molar-refractivity contribution is 7.09. The predicted molar refractivity (Wildman–Crippen MR) is 89.5 cm³/mol. The summed E-state index contributed by atoms with van der Waals surface area (Å²) in [4.78, 5) is 30.4. The van der Waals surface area contributed by atoms with E-state index in [2.05, 4.69) is 11.6 Å². The van der Waals surface area contributed by atoms with Gasteiger partial charge in [-0.2, -0.15) is 0 Å². The van der Waals surface area contributed by atoms with Gasteiger partial charge in [0.05, 0.1) is 6.54 Å². The van der Waals surface area contributed by atoms with Crippen LogP contribution in [0.3, 0.4) is 0 Å². The van der Waals surface area contributed by atoms with Crippen LogP contribution < -0.4 is 0 Å². The molecule has 2 aromatic rings. The number of carbonyl (C=O) groups excluding carboxylic acids is 2. The van der Waals surface area contributed by atoms with Crippen molar-refractivity contribution in [3.63, 3.8) is 0 Å². The van der Waals surface area contributed by atoms with Gasteiger partial charge < -0.3 is 9.88 Å². The highest BCUT2D eigenvalue weighted by Gasteiger charge is 2.23. The molecule has 0 aliphatic rings. The highest BCUT2D eigenvalue weighted by atomic mass is 32.1. The van der Waals surface area contributed by atoms with Crippen molar-refractivity contribution in [3.8, 4) is 0 Å². The fourth-order valence-electron chi connectivity index (χ4n) is 2.62. The van der Waals surface area contributed by atoms with Crippen LogP contribution in [-0.4, -0.2) is 28.1 Å². The first kappa shape index (κ1) is 16.2. The molecule has 0 saturated carbocycles. The molecule has 0 aliphatic carbocycles. The lowest BCUT2D eigenvalue weighted by molar-refractivity contribution is 0.0758. The quantitative estimate of drug-likeness (QED) is 0.652. The van der Waals surface area contributed by atoms with Crippen LogP contribution in [0, 0.1) is 13.8 Å². The molecule has 0 radical (unpaired) electrons. The molecule has 22 heavy (non-hydrogen) atoms. The molecule has 2 rings (SSSR count). The summed E-state index contributed by atoms with van der Waals surface area (Å²) in [5.41, 5.74) is 2.55. The normalized spacial score (nSPS) is 10.5. The Bertz CT molecular complexity index is 699. The van der Waals surface area contributed by atoms with Crippen LogP contribution in [-0.2, 0) is 6.54 Å². The third-order valence-corrected chi connectivity index (χ3v) is 4.43. The van der Waals surface area contributed by atoms with Gasteiger partial charge in [0.2, 0.25) is 0 Å². The third kappa shape index (κ3) is 3.20. The second kappa shape index (κ2) is 6.75. The average molecular weight is 316 g/mol. The van der Waals surface area contributed by atoms with E-state index < -0.39 is 0 Å². The number of nitrogens with zero attached hydrogens (tertiary/aromatic N) is 1. The number of ketones is 1. The predicted octanol–water partition coefficient (Wildman–Crippen LogP) is 3.72. The number of H-pyrrole nitrogens is 1. The molecular weight excluding hydrogens is 296 g/mol. The van der Waals surface area contributed by atoms with Crippen LogP contribution in [0.15, 0.2) is 30.2 Å². The van der Waals surface area contributed by atoms with Crippen LogP contribution in [0.1, 0.15) is 43.9 Å². The molecule has 0 fully saturated rings. The van der Waals surface area contributed by atoms with Crippen LogP contribution in [0.4, 0.5) is 0 Å². The zero-order valence-corrected chi connectivity index (χ0v) is 13.9. The highest BCUT2D eigenvalue weighted by Crippen LogP contribution is 2.21. The van der Waals surface area contributed by atoms with Gasteiger partial charge in [-0.05, 0) is 37.8 Å². The number of amides is 1. The minimum Gasteiger partial charge on any atom is -0.354 e. The second-order valence-electron chi connectivity index (χ2n) is 5.23. The number of Topliss-reactive ketones (excluding diaryl/α,β-unsaturated/α-hetero) is 1. The number of aryl methyl sites for hydroxylation is 1. The van der Waals surface area contributed by atoms with Gasteiger partial charge in [0.1, 0.15) is 5.69 Å². The van der Waals surface area contributed by atoms with Gasteiger partial charge >= 0.3 is 0 Å². The molecule has 116 valence electrons. The largest absolute Gasteiger partial charge is 0.354 e. The van der Waals surface area contributed by atoms with E-state index in [0.29, 0.717) is 24.3 Å². The average Bonchev–Trinajstić information content (AvgIpc) is 3.05. The van der Waals surface area contributed by atoms with Gasteiger partial charge in [-0.15, -0.1) is 17.9 Å². The molecule has 4 nitrogen and oxygen atoms in total. The van der Waals surface area contributed by atoms with Crippen molar-refractivity contribution in [3.05, 3.63) is 57.6 Å². The summed E-state index contributed by atoms with van der Waals surface area (Å²) in [7, 11) is 0. The number of aromatic amines is 1. The molecule has 0 saturated heterocycles. The topological polar surface area (TPSA) is 53.2 Å². The number of nitrogens with one attached hydrogen (secondary N) is 1. The maximum atomic E-state index is 12.8. The molecule has 0 aliphatic heterocycles. The summed E-state index contributed by atoms with van der Waals surface area (Å²) in [5, 5.41) is 1.99. The number of hydrogen-bond donors (Lipinski definition) is 1. The van der Waals surface area contributed by atoms with Crippen molar-refractivity contribution >= 4 is 23.0 Å². The van der Waals surface area contributed by atoms with Crippen LogP contribution in [0.2, 0.25) is 0 Å². The van der Waals surface area contributed by atoms with E-state index in [0.717, 1.165) is 16.1 Å². The van der Waals surface area contributed by atoms with Gasteiger partial charge in [-0.25, -0.2) is 0 Å². The molecule has 2 aromatic heterocycles. The Morgan fingerprint density at radius 2 is 2.14 bits per heavy atom. The number of rotatable bonds is 6. The van der Waals surface area contributed by atoms with Crippen molar-refractivity contribution < 1.29 is 9.59 Å². The summed E-state index contributed by atoms with van der Waals surface area (Å²) in [6, 6.07) is 3.97. The van der Waals surface area contributed by atoms with E-state index in [9.17, 15) is 9.59 Å². The molecule has 0 atom stereocenters. The second-order valence-corrected chi connectivity index (χ2v) is 6.27. The zero-order valence-electron chi connectivity index (χ0n) is 13.1. The Kier molecular flexibility index (Phi) is 4.98. The number of aromatic nitrogens is 1. The maximum absolute atomic E-state index is 12.8. The lowest BCUT2D eigenvalue weighted by Crippen LogP contribution is -2.31. The Labute approximate surface area is 134 Å². The molecule has 2 heterocycles. The van der Waals surface area contributed by atoms with E-state index in [-0.39, 0.29) is 11.7 Å². The fourth-order valence-corrected chi connectivity index (χ4v) is 3.34. The number of carbonyl (C=O) groups is 2. The van der Waals surface area contributed by atoms with Crippen molar-refractivity contribution in [1.82, 2.24) is 9.88 Å². The fraction of sp³-hybridized carbons (Fsp3) is 0.294. The molecule has 1 N–H and O–H groups in total. The summed E-state index contributed by atoms with van der Waals surface area (Å²) in [5.74, 6) is -0.139. The summed E-state index contributed by atoms with van der Waals surface area (Å²) < 4.78 is 0. The molecule has 0 bridgehead atoms. The minimum atomic E-state index is -0.110. The van der Waals surface area contributed by atoms with Gasteiger partial charge in [0, 0.05) is 22.7 Å². The van der Waals surface area contributed by atoms with E-state index >= 15 is 0 Å². The van der Waals surface area contributed by atoms with Crippen LogP contribution in [0.25, 0.3) is 0 Å².